The van der Waals surface area contributed by atoms with Gasteiger partial charge in [-0.05, 0) is 65.0 Å². The molecule has 7 nitrogen and oxygen atoms in total. The van der Waals surface area contributed by atoms with Gasteiger partial charge in [0.2, 0.25) is 12.5 Å². The zero-order chi connectivity index (χ0) is 28.2. The second-order valence-electron chi connectivity index (χ2n) is 10.6. The minimum Gasteiger partial charge on any atom is -0.493 e. The van der Waals surface area contributed by atoms with Crippen molar-refractivity contribution in [1.29, 1.82) is 0 Å². The SMILES string of the molecule is COc1ccc2cc3[n+](cc2c1OCc1nc2ccccc2n1Cc1cccc(Cl)c1)CCc1cc2c(cc1-3)OCO2. The Morgan fingerprint density at radius 2 is 1.86 bits per heavy atom. The summed E-state index contributed by atoms with van der Waals surface area (Å²) >= 11 is 6.30. The molecule has 8 rings (SSSR count). The summed E-state index contributed by atoms with van der Waals surface area (Å²) in [6.45, 7) is 2.03. The summed E-state index contributed by atoms with van der Waals surface area (Å²) in [6.07, 6.45) is 3.08. The number of rotatable bonds is 6. The van der Waals surface area contributed by atoms with Gasteiger partial charge in [0.05, 0.1) is 29.1 Å². The fourth-order valence-corrected chi connectivity index (χ4v) is 6.29. The van der Waals surface area contributed by atoms with Gasteiger partial charge in [-0.2, -0.15) is 4.57 Å². The van der Waals surface area contributed by atoms with E-state index in [9.17, 15) is 0 Å². The number of para-hydroxylation sites is 2. The van der Waals surface area contributed by atoms with Gasteiger partial charge in [-0.1, -0.05) is 35.9 Å². The maximum absolute atomic E-state index is 6.60. The second-order valence-corrected chi connectivity index (χ2v) is 11.0. The maximum Gasteiger partial charge on any atom is 0.231 e. The van der Waals surface area contributed by atoms with Crippen LogP contribution in [0.15, 0.2) is 85.1 Å². The van der Waals surface area contributed by atoms with Gasteiger partial charge in [0, 0.05) is 24.1 Å². The molecule has 0 N–H and O–H groups in total. The number of aromatic nitrogens is 3. The molecule has 0 radical (unpaired) electrons. The van der Waals surface area contributed by atoms with Gasteiger partial charge in [-0.15, -0.1) is 0 Å². The summed E-state index contributed by atoms with van der Waals surface area (Å²) in [5.74, 6) is 3.82. The van der Waals surface area contributed by atoms with Crippen molar-refractivity contribution >= 4 is 33.4 Å². The molecule has 0 atom stereocenters. The third-order valence-electron chi connectivity index (χ3n) is 8.11. The Morgan fingerprint density at radius 1 is 0.976 bits per heavy atom. The molecule has 0 bridgehead atoms. The van der Waals surface area contributed by atoms with E-state index in [4.69, 9.17) is 35.5 Å². The van der Waals surface area contributed by atoms with E-state index in [2.05, 4.69) is 51.7 Å². The largest absolute Gasteiger partial charge is 0.493 e. The molecule has 0 amide bonds. The summed E-state index contributed by atoms with van der Waals surface area (Å²) in [5, 5.41) is 2.76. The van der Waals surface area contributed by atoms with E-state index in [1.807, 2.05) is 42.5 Å². The molecular formula is C34H27ClN3O4+. The lowest BCUT2D eigenvalue weighted by atomic mass is 9.95. The molecule has 42 heavy (non-hydrogen) atoms. The van der Waals surface area contributed by atoms with E-state index in [0.717, 1.165) is 63.4 Å². The van der Waals surface area contributed by atoms with Gasteiger partial charge < -0.3 is 23.5 Å². The van der Waals surface area contributed by atoms with Crippen LogP contribution in [0.4, 0.5) is 0 Å². The first kappa shape index (κ1) is 25.0. The smallest absolute Gasteiger partial charge is 0.231 e. The van der Waals surface area contributed by atoms with Crippen LogP contribution in [0.1, 0.15) is 17.0 Å². The molecule has 0 aliphatic carbocycles. The van der Waals surface area contributed by atoms with Crippen molar-refractivity contribution in [3.05, 3.63) is 107 Å². The fraction of sp³-hybridized carbons (Fsp3) is 0.176. The highest BCUT2D eigenvalue weighted by atomic mass is 35.5. The molecule has 0 unspecified atom stereocenters. The number of hydrogen-bond donors (Lipinski definition) is 0. The summed E-state index contributed by atoms with van der Waals surface area (Å²) in [6, 6.07) is 26.5. The number of nitrogens with zero attached hydrogens (tertiary/aromatic N) is 3. The average molecular weight is 577 g/mol. The number of aryl methyl sites for hydroxylation is 2. The van der Waals surface area contributed by atoms with Gasteiger partial charge >= 0.3 is 0 Å². The highest BCUT2D eigenvalue weighted by Crippen LogP contribution is 2.42. The van der Waals surface area contributed by atoms with Crippen LogP contribution in [0.3, 0.4) is 0 Å². The minimum atomic E-state index is 0.267. The van der Waals surface area contributed by atoms with Crippen molar-refractivity contribution < 1.29 is 23.5 Å². The third kappa shape index (κ3) is 4.20. The van der Waals surface area contributed by atoms with E-state index in [1.54, 1.807) is 7.11 Å². The number of ether oxygens (including phenoxy) is 4. The van der Waals surface area contributed by atoms with Crippen molar-refractivity contribution in [2.24, 2.45) is 0 Å². The molecule has 4 aromatic carbocycles. The molecule has 2 aromatic heterocycles. The lowest BCUT2D eigenvalue weighted by molar-refractivity contribution is -0.686. The van der Waals surface area contributed by atoms with Crippen LogP contribution in [0.25, 0.3) is 33.1 Å². The molecule has 4 heterocycles. The van der Waals surface area contributed by atoms with Crippen LogP contribution in [-0.4, -0.2) is 23.5 Å². The fourth-order valence-electron chi connectivity index (χ4n) is 6.07. The molecule has 2 aliphatic rings. The van der Waals surface area contributed by atoms with E-state index in [-0.39, 0.29) is 13.4 Å². The predicted octanol–water partition coefficient (Wildman–Crippen LogP) is 6.72. The van der Waals surface area contributed by atoms with E-state index in [0.29, 0.717) is 23.1 Å². The molecule has 0 saturated heterocycles. The highest BCUT2D eigenvalue weighted by Gasteiger charge is 2.29. The Morgan fingerprint density at radius 3 is 2.74 bits per heavy atom. The third-order valence-corrected chi connectivity index (χ3v) is 8.34. The van der Waals surface area contributed by atoms with Crippen molar-refractivity contribution in [1.82, 2.24) is 9.55 Å². The average Bonchev–Trinajstić information content (AvgIpc) is 3.61. The minimum absolute atomic E-state index is 0.267. The number of hydrogen-bond acceptors (Lipinski definition) is 5. The standard InChI is InChI=1S/C34H27ClN3O4/c1-39-30-10-9-22-14-29-25-16-32-31(41-20-42-32)15-23(25)11-12-37(29)18-26(22)34(30)40-19-33-36-27-7-2-3-8-28(27)38(33)17-21-5-4-6-24(35)13-21/h2-10,13-16,18H,11-12,17,19-20H2,1H3/q+1. The van der Waals surface area contributed by atoms with Gasteiger partial charge in [-0.3, -0.25) is 0 Å². The van der Waals surface area contributed by atoms with Gasteiger partial charge in [0.1, 0.15) is 12.4 Å². The number of fused-ring (bicyclic) bond motifs is 6. The first-order chi connectivity index (χ1) is 20.6. The summed E-state index contributed by atoms with van der Waals surface area (Å²) in [7, 11) is 1.67. The van der Waals surface area contributed by atoms with Gasteiger partial charge in [-0.25, -0.2) is 4.98 Å². The lowest BCUT2D eigenvalue weighted by Crippen LogP contribution is -2.40. The lowest BCUT2D eigenvalue weighted by Gasteiger charge is -2.18. The predicted molar refractivity (Wildman–Crippen MR) is 161 cm³/mol. The zero-order valence-electron chi connectivity index (χ0n) is 23.0. The van der Waals surface area contributed by atoms with Crippen molar-refractivity contribution in [3.63, 3.8) is 0 Å². The van der Waals surface area contributed by atoms with E-state index < -0.39 is 0 Å². The first-order valence-electron chi connectivity index (χ1n) is 13.9. The zero-order valence-corrected chi connectivity index (χ0v) is 23.7. The first-order valence-corrected chi connectivity index (χ1v) is 14.3. The molecular weight excluding hydrogens is 550 g/mol. The Kier molecular flexibility index (Phi) is 5.93. The van der Waals surface area contributed by atoms with Gasteiger partial charge in [0.15, 0.2) is 35.7 Å². The van der Waals surface area contributed by atoms with Crippen molar-refractivity contribution in [2.45, 2.75) is 26.1 Å². The second kappa shape index (κ2) is 9.96. The maximum atomic E-state index is 6.60. The molecule has 0 spiro atoms. The van der Waals surface area contributed by atoms with Crippen LogP contribution in [0.5, 0.6) is 23.0 Å². The van der Waals surface area contributed by atoms with Crippen LogP contribution in [0, 0.1) is 0 Å². The highest BCUT2D eigenvalue weighted by molar-refractivity contribution is 6.30. The summed E-state index contributed by atoms with van der Waals surface area (Å²) in [5.41, 5.74) is 6.64. The van der Waals surface area contributed by atoms with E-state index in [1.165, 1.54) is 11.1 Å². The Hall–Kier alpha value is -4.75. The van der Waals surface area contributed by atoms with Crippen LogP contribution in [0.2, 0.25) is 5.02 Å². The van der Waals surface area contributed by atoms with E-state index >= 15 is 0 Å². The Labute approximate surface area is 247 Å². The summed E-state index contributed by atoms with van der Waals surface area (Å²) in [4.78, 5) is 4.94. The number of methoxy groups -OCH3 is 1. The van der Waals surface area contributed by atoms with Crippen LogP contribution >= 0.6 is 11.6 Å². The van der Waals surface area contributed by atoms with Crippen molar-refractivity contribution in [3.8, 4) is 34.3 Å². The topological polar surface area (TPSA) is 58.6 Å². The van der Waals surface area contributed by atoms with Crippen LogP contribution in [-0.2, 0) is 26.1 Å². The molecule has 208 valence electrons. The molecule has 0 fully saturated rings. The molecule has 6 aromatic rings. The molecule has 0 saturated carbocycles. The number of halogens is 1. The monoisotopic (exact) mass is 576 g/mol. The Bertz CT molecular complexity index is 2020. The number of imidazole rings is 1. The number of pyridine rings is 1. The Balaban J connectivity index is 1.18. The number of benzene rings is 4. The summed E-state index contributed by atoms with van der Waals surface area (Å²) < 4.78 is 28.2. The van der Waals surface area contributed by atoms with Gasteiger partial charge in [0.25, 0.3) is 0 Å². The quantitative estimate of drug-likeness (QED) is 0.206. The van der Waals surface area contributed by atoms with Crippen LogP contribution < -0.4 is 23.5 Å². The molecule has 2 aliphatic heterocycles. The normalized spacial score (nSPS) is 13.3. The molecule has 8 heteroatoms. The van der Waals surface area contributed by atoms with Crippen molar-refractivity contribution in [2.75, 3.05) is 13.9 Å².